The van der Waals surface area contributed by atoms with Gasteiger partial charge >= 0.3 is 0 Å². The Labute approximate surface area is 117 Å². The van der Waals surface area contributed by atoms with Crippen molar-refractivity contribution < 1.29 is 4.79 Å². The maximum absolute atomic E-state index is 10.9. The van der Waals surface area contributed by atoms with Crippen molar-refractivity contribution in [1.82, 2.24) is 19.5 Å². The minimum absolute atomic E-state index is 0.606. The molecule has 0 spiro atoms. The summed E-state index contributed by atoms with van der Waals surface area (Å²) in [6, 6.07) is 3.53. The quantitative estimate of drug-likeness (QED) is 0.801. The predicted molar refractivity (Wildman–Crippen MR) is 77.3 cm³/mol. The first kappa shape index (κ1) is 12.8. The summed E-state index contributed by atoms with van der Waals surface area (Å²) in [6.45, 7) is 10.7. The number of rotatable bonds is 3. The molecule has 1 aliphatic heterocycles. The molecule has 5 nitrogen and oxygen atoms in total. The van der Waals surface area contributed by atoms with Crippen molar-refractivity contribution >= 4 is 17.6 Å². The van der Waals surface area contributed by atoms with Crippen LogP contribution in [0.15, 0.2) is 24.9 Å². The van der Waals surface area contributed by atoms with Gasteiger partial charge in [0.25, 0.3) is 0 Å². The van der Waals surface area contributed by atoms with E-state index in [-0.39, 0.29) is 0 Å². The first-order valence-electron chi connectivity index (χ1n) is 6.84. The van der Waals surface area contributed by atoms with Crippen LogP contribution in [0.25, 0.3) is 11.3 Å². The van der Waals surface area contributed by atoms with E-state index < -0.39 is 0 Å². The minimum Gasteiger partial charge on any atom is -0.368 e. The highest BCUT2D eigenvalue weighted by Crippen LogP contribution is 2.28. The van der Waals surface area contributed by atoms with Crippen LogP contribution in [0.1, 0.15) is 30.0 Å². The lowest BCUT2D eigenvalue weighted by Crippen LogP contribution is -2.20. The number of aldehydes is 1. The van der Waals surface area contributed by atoms with E-state index >= 15 is 0 Å². The molecule has 5 heteroatoms. The fourth-order valence-corrected chi connectivity index (χ4v) is 2.67. The molecular formula is C15H18N4O. The summed E-state index contributed by atoms with van der Waals surface area (Å²) < 4.78 is 1.83. The Balaban J connectivity index is 1.97. The largest absolute Gasteiger partial charge is 0.368 e. The lowest BCUT2D eigenvalue weighted by Gasteiger charge is -2.19. The van der Waals surface area contributed by atoms with Gasteiger partial charge in [-0.15, -0.1) is 10.2 Å². The molecule has 0 aromatic carbocycles. The van der Waals surface area contributed by atoms with Gasteiger partial charge in [0.2, 0.25) is 0 Å². The Hall–Kier alpha value is -2.17. The minimum atomic E-state index is 0.606. The summed E-state index contributed by atoms with van der Waals surface area (Å²) in [5.41, 5.74) is 2.21. The van der Waals surface area contributed by atoms with Crippen LogP contribution < -0.4 is 0 Å². The van der Waals surface area contributed by atoms with E-state index in [1.807, 2.05) is 4.40 Å². The topological polar surface area (TPSA) is 50.5 Å². The van der Waals surface area contributed by atoms with Gasteiger partial charge in [0.15, 0.2) is 17.8 Å². The van der Waals surface area contributed by atoms with Gasteiger partial charge in [0.1, 0.15) is 0 Å². The second kappa shape index (κ2) is 4.74. The second-order valence-electron chi connectivity index (χ2n) is 5.64. The molecule has 1 unspecified atom stereocenters. The van der Waals surface area contributed by atoms with E-state index in [0.29, 0.717) is 23.2 Å². The summed E-state index contributed by atoms with van der Waals surface area (Å²) in [5.74, 6) is 2.01. The third-order valence-corrected chi connectivity index (χ3v) is 4.19. The Morgan fingerprint density at radius 3 is 2.65 bits per heavy atom. The monoisotopic (exact) mass is 270 g/mol. The van der Waals surface area contributed by atoms with Crippen molar-refractivity contribution in [2.75, 3.05) is 13.1 Å². The number of hydrogen-bond donors (Lipinski definition) is 0. The van der Waals surface area contributed by atoms with Gasteiger partial charge in [-0.05, 0) is 24.0 Å². The average molecular weight is 270 g/mol. The lowest BCUT2D eigenvalue weighted by atomic mass is 10.0. The zero-order valence-electron chi connectivity index (χ0n) is 11.8. The van der Waals surface area contributed by atoms with Crippen LogP contribution >= 0.6 is 0 Å². The summed E-state index contributed by atoms with van der Waals surface area (Å²) >= 11 is 0. The molecule has 0 aliphatic carbocycles. The third kappa shape index (κ3) is 1.99. The van der Waals surface area contributed by atoms with Crippen molar-refractivity contribution in [2.24, 2.45) is 11.8 Å². The Bertz CT molecular complexity index is 666. The molecule has 0 saturated carbocycles. The number of nitrogens with zero attached hydrogens (tertiary/aromatic N) is 4. The van der Waals surface area contributed by atoms with Crippen LogP contribution in [0, 0.1) is 11.8 Å². The molecule has 2 aromatic rings. The molecule has 0 N–H and O–H groups in total. The molecule has 1 fully saturated rings. The fraction of sp³-hybridized carbons (Fsp3) is 0.400. The number of carbonyl (C=O) groups is 1. The number of hydrogen-bond acceptors (Lipinski definition) is 4. The van der Waals surface area contributed by atoms with Gasteiger partial charge in [0, 0.05) is 24.8 Å². The van der Waals surface area contributed by atoms with Crippen molar-refractivity contribution in [3.63, 3.8) is 0 Å². The van der Waals surface area contributed by atoms with Crippen LogP contribution in [0.3, 0.4) is 0 Å². The van der Waals surface area contributed by atoms with Crippen LogP contribution in [0.2, 0.25) is 0 Å². The van der Waals surface area contributed by atoms with E-state index in [1.165, 1.54) is 0 Å². The van der Waals surface area contributed by atoms with E-state index in [4.69, 9.17) is 0 Å². The van der Waals surface area contributed by atoms with Crippen molar-refractivity contribution in [2.45, 2.75) is 13.8 Å². The van der Waals surface area contributed by atoms with Gasteiger partial charge in [-0.2, -0.15) is 0 Å². The Kier molecular flexibility index (Phi) is 3.04. The molecule has 3 rings (SSSR count). The highest BCUT2D eigenvalue weighted by atomic mass is 16.1. The molecule has 0 bridgehead atoms. The van der Waals surface area contributed by atoms with Crippen molar-refractivity contribution in [1.29, 1.82) is 0 Å². The first-order chi connectivity index (χ1) is 9.60. The van der Waals surface area contributed by atoms with Gasteiger partial charge in [0.05, 0.1) is 5.70 Å². The molecular weight excluding hydrogens is 252 g/mol. The van der Waals surface area contributed by atoms with Crippen LogP contribution in [-0.4, -0.2) is 38.9 Å². The fourth-order valence-electron chi connectivity index (χ4n) is 2.67. The van der Waals surface area contributed by atoms with Crippen LogP contribution in [-0.2, 0) is 0 Å². The molecule has 1 saturated heterocycles. The van der Waals surface area contributed by atoms with Crippen LogP contribution in [0.5, 0.6) is 0 Å². The van der Waals surface area contributed by atoms with E-state index in [0.717, 1.165) is 30.7 Å². The number of likely N-dealkylation sites (tertiary alicyclic amines) is 1. The molecule has 20 heavy (non-hydrogen) atoms. The van der Waals surface area contributed by atoms with Crippen molar-refractivity contribution in [3.05, 3.63) is 36.3 Å². The van der Waals surface area contributed by atoms with Gasteiger partial charge in [-0.3, -0.25) is 9.20 Å². The van der Waals surface area contributed by atoms with E-state index in [1.54, 1.807) is 18.3 Å². The number of pyridine rings is 1. The third-order valence-electron chi connectivity index (χ3n) is 4.19. The molecule has 0 radical (unpaired) electrons. The summed E-state index contributed by atoms with van der Waals surface area (Å²) in [6.07, 6.45) is 2.58. The zero-order valence-corrected chi connectivity index (χ0v) is 11.8. The van der Waals surface area contributed by atoms with E-state index in [2.05, 4.69) is 35.5 Å². The maximum atomic E-state index is 10.9. The molecule has 0 amide bonds. The molecule has 1 aliphatic rings. The number of carbonyl (C=O) groups excluding carboxylic acids is 1. The molecule has 104 valence electrons. The first-order valence-corrected chi connectivity index (χ1v) is 6.84. The highest BCUT2D eigenvalue weighted by Gasteiger charge is 2.28. The summed E-state index contributed by atoms with van der Waals surface area (Å²) in [4.78, 5) is 13.2. The summed E-state index contributed by atoms with van der Waals surface area (Å²) in [7, 11) is 0. The lowest BCUT2D eigenvalue weighted by molar-refractivity contribution is 0.112. The van der Waals surface area contributed by atoms with Gasteiger partial charge in [-0.1, -0.05) is 20.4 Å². The average Bonchev–Trinajstić information content (AvgIpc) is 3.01. The smallest absolute Gasteiger partial charge is 0.184 e. The van der Waals surface area contributed by atoms with Gasteiger partial charge in [-0.25, -0.2) is 0 Å². The molecule has 2 aromatic heterocycles. The SMILES string of the molecule is C=C(c1nnc2ccc(C=O)cn12)N1CC(C)[C@@H](C)C1. The Morgan fingerprint density at radius 2 is 2.00 bits per heavy atom. The second-order valence-corrected chi connectivity index (χ2v) is 5.64. The number of fused-ring (bicyclic) bond motifs is 1. The highest BCUT2D eigenvalue weighted by molar-refractivity contribution is 5.75. The molecule has 2 atom stereocenters. The van der Waals surface area contributed by atoms with Gasteiger partial charge < -0.3 is 4.90 Å². The van der Waals surface area contributed by atoms with E-state index in [9.17, 15) is 4.79 Å². The molecule has 3 heterocycles. The standard InChI is InChI=1S/C15H18N4O/c1-10-6-18(7-11(10)2)12(3)15-17-16-14-5-4-13(9-20)8-19(14)15/h4-5,8-11H,3,6-7H2,1-2H3/t10-,11?/m0/s1. The normalized spacial score (nSPS) is 22.4. The zero-order chi connectivity index (χ0) is 14.3. The Morgan fingerprint density at radius 1 is 1.30 bits per heavy atom. The van der Waals surface area contributed by atoms with Crippen molar-refractivity contribution in [3.8, 4) is 0 Å². The summed E-state index contributed by atoms with van der Waals surface area (Å²) in [5, 5.41) is 8.36. The predicted octanol–water partition coefficient (Wildman–Crippen LogP) is 2.10. The maximum Gasteiger partial charge on any atom is 0.184 e. The number of aromatic nitrogens is 3. The van der Waals surface area contributed by atoms with Crippen LogP contribution in [0.4, 0.5) is 0 Å².